The highest BCUT2D eigenvalue weighted by atomic mass is 35.5. The van der Waals surface area contributed by atoms with Crippen LogP contribution in [0, 0.1) is 13.8 Å². The molecule has 2 amide bonds. The van der Waals surface area contributed by atoms with Crippen molar-refractivity contribution in [1.82, 2.24) is 20.6 Å². The fourth-order valence-electron chi connectivity index (χ4n) is 2.61. The molecule has 2 aromatic heterocycles. The number of carbonyl (C=O) groups is 2. The lowest BCUT2D eigenvalue weighted by atomic mass is 10.2. The molecule has 2 N–H and O–H groups in total. The summed E-state index contributed by atoms with van der Waals surface area (Å²) in [6.45, 7) is 4.03. The van der Waals surface area contributed by atoms with Crippen LogP contribution in [0.3, 0.4) is 0 Å². The highest BCUT2D eigenvalue weighted by molar-refractivity contribution is 7.12. The van der Waals surface area contributed by atoms with Crippen LogP contribution >= 0.6 is 22.9 Å². The molecule has 0 saturated heterocycles. The minimum Gasteiger partial charge on any atom is -0.267 e. The molecule has 3 rings (SSSR count). The van der Waals surface area contributed by atoms with Crippen LogP contribution in [0.5, 0.6) is 0 Å². The normalized spacial score (nSPS) is 10.6. The van der Waals surface area contributed by atoms with E-state index in [1.807, 2.05) is 31.2 Å². The number of aryl methyl sites for hydroxylation is 1. The highest BCUT2D eigenvalue weighted by Crippen LogP contribution is 2.19. The molecular formula is C18H17ClN4O2S. The Morgan fingerprint density at radius 1 is 1.12 bits per heavy atom. The first-order chi connectivity index (χ1) is 12.5. The Balaban J connectivity index is 1.74. The van der Waals surface area contributed by atoms with Gasteiger partial charge in [-0.15, -0.1) is 11.3 Å². The van der Waals surface area contributed by atoms with Gasteiger partial charge in [-0.2, -0.15) is 5.10 Å². The van der Waals surface area contributed by atoms with E-state index < -0.39 is 5.91 Å². The van der Waals surface area contributed by atoms with Gasteiger partial charge in [-0.1, -0.05) is 35.9 Å². The van der Waals surface area contributed by atoms with Crippen LogP contribution in [-0.2, 0) is 6.54 Å². The zero-order chi connectivity index (χ0) is 18.7. The van der Waals surface area contributed by atoms with Gasteiger partial charge in [0.1, 0.15) is 0 Å². The van der Waals surface area contributed by atoms with Crippen molar-refractivity contribution in [2.75, 3.05) is 0 Å². The quantitative estimate of drug-likeness (QED) is 0.673. The number of benzene rings is 1. The second kappa shape index (κ2) is 7.72. The van der Waals surface area contributed by atoms with Crippen LogP contribution in [-0.4, -0.2) is 21.6 Å². The molecule has 0 aliphatic heterocycles. The fourth-order valence-corrected chi connectivity index (χ4v) is 3.43. The molecule has 3 aromatic rings. The smallest absolute Gasteiger partial charge is 0.267 e. The molecule has 0 unspecified atom stereocenters. The molecule has 0 saturated carbocycles. The predicted molar refractivity (Wildman–Crippen MR) is 102 cm³/mol. The van der Waals surface area contributed by atoms with Crippen LogP contribution < -0.4 is 10.9 Å². The monoisotopic (exact) mass is 388 g/mol. The van der Waals surface area contributed by atoms with E-state index in [4.69, 9.17) is 11.6 Å². The van der Waals surface area contributed by atoms with E-state index in [9.17, 15) is 9.59 Å². The number of nitrogens with one attached hydrogen (secondary N) is 2. The van der Waals surface area contributed by atoms with Crippen molar-refractivity contribution < 1.29 is 9.59 Å². The molecule has 0 radical (unpaired) electrons. The standard InChI is InChI=1S/C18H17ClN4O2S/c1-11-16(18(25)21-20-17(24)15-8-5-9-26-15)12(2)23(22-11)10-13-6-3-4-7-14(13)19/h3-9H,10H2,1-2H3,(H,20,24)(H,21,25). The molecule has 0 aliphatic rings. The first-order valence-corrected chi connectivity index (χ1v) is 9.14. The summed E-state index contributed by atoms with van der Waals surface area (Å²) in [5, 5.41) is 6.87. The van der Waals surface area contributed by atoms with Gasteiger partial charge in [0, 0.05) is 10.7 Å². The summed E-state index contributed by atoms with van der Waals surface area (Å²) in [4.78, 5) is 25.0. The van der Waals surface area contributed by atoms with Gasteiger partial charge in [-0.25, -0.2) is 0 Å². The Kier molecular flexibility index (Phi) is 5.39. The van der Waals surface area contributed by atoms with Crippen molar-refractivity contribution in [2.24, 2.45) is 0 Å². The van der Waals surface area contributed by atoms with E-state index in [0.717, 1.165) is 5.56 Å². The van der Waals surface area contributed by atoms with Gasteiger partial charge in [0.15, 0.2) is 0 Å². The zero-order valence-corrected chi connectivity index (χ0v) is 15.8. The Bertz CT molecular complexity index is 950. The van der Waals surface area contributed by atoms with E-state index in [-0.39, 0.29) is 5.91 Å². The van der Waals surface area contributed by atoms with Gasteiger partial charge in [-0.05, 0) is 36.9 Å². The van der Waals surface area contributed by atoms with Gasteiger partial charge in [0.2, 0.25) is 0 Å². The maximum Gasteiger partial charge on any atom is 0.279 e. The van der Waals surface area contributed by atoms with E-state index in [1.165, 1.54) is 11.3 Å². The number of amides is 2. The van der Waals surface area contributed by atoms with Crippen molar-refractivity contribution >= 4 is 34.8 Å². The summed E-state index contributed by atoms with van der Waals surface area (Å²) in [5.41, 5.74) is 7.49. The lowest BCUT2D eigenvalue weighted by molar-refractivity contribution is 0.0848. The topological polar surface area (TPSA) is 76.0 Å². The average Bonchev–Trinajstić information content (AvgIpc) is 3.24. The maximum absolute atomic E-state index is 12.5. The number of rotatable bonds is 4. The number of nitrogens with zero attached hydrogens (tertiary/aromatic N) is 2. The van der Waals surface area contributed by atoms with E-state index in [0.29, 0.717) is 33.4 Å². The zero-order valence-electron chi connectivity index (χ0n) is 14.2. The number of halogens is 1. The molecule has 6 nitrogen and oxygen atoms in total. The predicted octanol–water partition coefficient (Wildman–Crippen LogP) is 3.34. The Hall–Kier alpha value is -2.64. The van der Waals surface area contributed by atoms with Crippen LogP contribution in [0.1, 0.15) is 37.0 Å². The molecule has 2 heterocycles. The lowest BCUT2D eigenvalue weighted by Gasteiger charge is -2.08. The van der Waals surface area contributed by atoms with Crippen molar-refractivity contribution in [1.29, 1.82) is 0 Å². The summed E-state index contributed by atoms with van der Waals surface area (Å²) < 4.78 is 1.73. The third-order valence-corrected chi connectivity index (χ3v) is 5.16. The first-order valence-electron chi connectivity index (χ1n) is 7.89. The average molecular weight is 389 g/mol. The largest absolute Gasteiger partial charge is 0.279 e. The number of carbonyl (C=O) groups excluding carboxylic acids is 2. The third kappa shape index (κ3) is 3.79. The van der Waals surface area contributed by atoms with Crippen molar-refractivity contribution in [3.8, 4) is 0 Å². The number of hydrogen-bond donors (Lipinski definition) is 2. The minimum atomic E-state index is -0.407. The number of thiophene rings is 1. The molecular weight excluding hydrogens is 372 g/mol. The Morgan fingerprint density at radius 3 is 2.54 bits per heavy atom. The summed E-state index contributed by atoms with van der Waals surface area (Å²) in [7, 11) is 0. The van der Waals surface area contributed by atoms with Gasteiger partial charge < -0.3 is 0 Å². The molecule has 0 aliphatic carbocycles. The molecule has 0 bridgehead atoms. The summed E-state index contributed by atoms with van der Waals surface area (Å²) in [5.74, 6) is -0.762. The van der Waals surface area contributed by atoms with Crippen LogP contribution in [0.15, 0.2) is 41.8 Å². The SMILES string of the molecule is Cc1nn(Cc2ccccc2Cl)c(C)c1C(=O)NNC(=O)c1cccs1. The Morgan fingerprint density at radius 2 is 1.85 bits per heavy atom. The molecule has 26 heavy (non-hydrogen) atoms. The first kappa shape index (κ1) is 18.2. The molecule has 1 aromatic carbocycles. The highest BCUT2D eigenvalue weighted by Gasteiger charge is 2.20. The lowest BCUT2D eigenvalue weighted by Crippen LogP contribution is -2.41. The summed E-state index contributed by atoms with van der Waals surface area (Å²) in [6.07, 6.45) is 0. The van der Waals surface area contributed by atoms with Gasteiger partial charge in [0.25, 0.3) is 11.8 Å². The molecule has 8 heteroatoms. The second-order valence-electron chi connectivity index (χ2n) is 5.68. The van der Waals surface area contributed by atoms with Crippen LogP contribution in [0.25, 0.3) is 0 Å². The summed E-state index contributed by atoms with van der Waals surface area (Å²) >= 11 is 7.50. The van der Waals surface area contributed by atoms with Crippen LogP contribution in [0.2, 0.25) is 5.02 Å². The summed E-state index contributed by atoms with van der Waals surface area (Å²) in [6, 6.07) is 11.0. The van der Waals surface area contributed by atoms with Gasteiger partial charge >= 0.3 is 0 Å². The fraction of sp³-hybridized carbons (Fsp3) is 0.167. The third-order valence-electron chi connectivity index (χ3n) is 3.92. The molecule has 0 fully saturated rings. The van der Waals surface area contributed by atoms with E-state index in [2.05, 4.69) is 16.0 Å². The molecule has 134 valence electrons. The Labute approximate surface area is 159 Å². The van der Waals surface area contributed by atoms with E-state index in [1.54, 1.807) is 29.1 Å². The molecule has 0 spiro atoms. The maximum atomic E-state index is 12.5. The van der Waals surface area contributed by atoms with Gasteiger partial charge in [-0.3, -0.25) is 25.1 Å². The van der Waals surface area contributed by atoms with Crippen molar-refractivity contribution in [3.63, 3.8) is 0 Å². The van der Waals surface area contributed by atoms with E-state index >= 15 is 0 Å². The van der Waals surface area contributed by atoms with Crippen LogP contribution in [0.4, 0.5) is 0 Å². The van der Waals surface area contributed by atoms with Gasteiger partial charge in [0.05, 0.1) is 22.7 Å². The number of aromatic nitrogens is 2. The number of hydrazine groups is 1. The second-order valence-corrected chi connectivity index (χ2v) is 7.04. The molecule has 0 atom stereocenters. The van der Waals surface area contributed by atoms with Crippen molar-refractivity contribution in [2.45, 2.75) is 20.4 Å². The van der Waals surface area contributed by atoms with Crippen molar-refractivity contribution in [3.05, 3.63) is 74.2 Å². The number of hydrogen-bond acceptors (Lipinski definition) is 4. The minimum absolute atomic E-state index is 0.355.